The van der Waals surface area contributed by atoms with Crippen molar-refractivity contribution in [1.29, 1.82) is 0 Å². The van der Waals surface area contributed by atoms with E-state index < -0.39 is 35.6 Å². The Kier molecular flexibility index (Phi) is 5.52. The van der Waals surface area contributed by atoms with Crippen LogP contribution >= 0.6 is 0 Å². The number of aliphatic hydroxyl groups is 2. The molecule has 0 amide bonds. The fraction of sp³-hybridized carbons (Fsp3) is 0.667. The molecule has 0 aromatic heterocycles. The molecule has 3 rings (SSSR count). The quantitative estimate of drug-likeness (QED) is 0.494. The van der Waals surface area contributed by atoms with E-state index in [1.165, 1.54) is 6.34 Å². The summed E-state index contributed by atoms with van der Waals surface area (Å²) in [6.07, 6.45) is -0.606. The third-order valence-corrected chi connectivity index (χ3v) is 4.90. The zero-order valence-electron chi connectivity index (χ0n) is 16.3. The number of nitrogens with two attached hydrogens (primary N) is 1. The van der Waals surface area contributed by atoms with Gasteiger partial charge in [0.25, 0.3) is 0 Å². The van der Waals surface area contributed by atoms with Crippen LogP contribution in [-0.4, -0.2) is 88.9 Å². The number of carbonyl (C=O) groups excluding carboxylic acids is 1. The highest BCUT2D eigenvalue weighted by atomic mass is 16.6. The summed E-state index contributed by atoms with van der Waals surface area (Å²) in [6, 6.07) is 0. The minimum absolute atomic E-state index is 0.109. The Hall–Kier alpha value is -1.98. The van der Waals surface area contributed by atoms with Crippen molar-refractivity contribution in [3.63, 3.8) is 0 Å². The van der Waals surface area contributed by atoms with Crippen molar-refractivity contribution in [2.45, 2.75) is 51.0 Å². The van der Waals surface area contributed by atoms with Gasteiger partial charge in [-0.2, -0.15) is 0 Å². The van der Waals surface area contributed by atoms with Crippen LogP contribution in [0.4, 0.5) is 0 Å². The summed E-state index contributed by atoms with van der Waals surface area (Å²) in [4.78, 5) is 27.4. The summed E-state index contributed by atoms with van der Waals surface area (Å²) in [6.45, 7) is 8.83. The second-order valence-electron chi connectivity index (χ2n) is 7.99. The van der Waals surface area contributed by atoms with Crippen LogP contribution in [-0.2, 0) is 14.3 Å². The first-order valence-electron chi connectivity index (χ1n) is 9.09. The maximum atomic E-state index is 12.9. The van der Waals surface area contributed by atoms with E-state index in [-0.39, 0.29) is 31.4 Å². The minimum Gasteiger partial charge on any atom is -0.394 e. The fourth-order valence-corrected chi connectivity index (χ4v) is 3.50. The molecule has 3 aliphatic rings. The number of ketones is 1. The van der Waals surface area contributed by atoms with Crippen LogP contribution in [0.1, 0.15) is 20.8 Å². The number of ether oxygens (including phenoxy) is 2. The highest BCUT2D eigenvalue weighted by Gasteiger charge is 2.54. The third-order valence-electron chi connectivity index (χ3n) is 4.90. The average Bonchev–Trinajstić information content (AvgIpc) is 3.20. The van der Waals surface area contributed by atoms with Gasteiger partial charge in [0.2, 0.25) is 5.66 Å². The molecule has 1 unspecified atom stereocenters. The van der Waals surface area contributed by atoms with E-state index in [2.05, 4.69) is 21.6 Å². The molecule has 10 nitrogen and oxygen atoms in total. The van der Waals surface area contributed by atoms with Gasteiger partial charge in [-0.3, -0.25) is 15.5 Å². The Morgan fingerprint density at radius 1 is 1.57 bits per heavy atom. The molecule has 1 saturated heterocycles. The SMILES string of the molecule is C=CCO[C@@H]1[C@H](O)[C@@H](CO)O[C@H]1N1CN=C2C1=NC=NC2(N)C(=O)C(C)(C)C. The molecule has 0 aromatic rings. The van der Waals surface area contributed by atoms with Crippen LogP contribution in [0.3, 0.4) is 0 Å². The Morgan fingerprint density at radius 3 is 2.89 bits per heavy atom. The normalized spacial score (nSPS) is 34.9. The topological polar surface area (TPSA) is 142 Å². The molecule has 1 fully saturated rings. The number of Topliss-reactive ketones (excluding diaryl/α,β-unsaturated/α-hetero) is 1. The van der Waals surface area contributed by atoms with Gasteiger partial charge in [0.05, 0.1) is 13.2 Å². The van der Waals surface area contributed by atoms with Crippen LogP contribution in [0.2, 0.25) is 0 Å². The molecule has 0 radical (unpaired) electrons. The smallest absolute Gasteiger partial charge is 0.215 e. The Bertz CT molecular complexity index is 743. The molecule has 0 bridgehead atoms. The third kappa shape index (κ3) is 3.31. The van der Waals surface area contributed by atoms with E-state index in [1.54, 1.807) is 31.7 Å². The lowest BCUT2D eigenvalue weighted by Gasteiger charge is -2.35. The van der Waals surface area contributed by atoms with Crippen LogP contribution in [0.25, 0.3) is 0 Å². The summed E-state index contributed by atoms with van der Waals surface area (Å²) < 4.78 is 11.5. The number of aliphatic imine (C=N–C) groups is 3. The van der Waals surface area contributed by atoms with Gasteiger partial charge >= 0.3 is 0 Å². The van der Waals surface area contributed by atoms with Gasteiger partial charge in [0.1, 0.15) is 37.0 Å². The second-order valence-corrected chi connectivity index (χ2v) is 7.99. The zero-order valence-corrected chi connectivity index (χ0v) is 16.3. The van der Waals surface area contributed by atoms with Crippen LogP contribution < -0.4 is 5.73 Å². The fourth-order valence-electron chi connectivity index (χ4n) is 3.50. The number of fused-ring (bicyclic) bond motifs is 1. The molecule has 28 heavy (non-hydrogen) atoms. The number of amidine groups is 1. The number of rotatable bonds is 6. The van der Waals surface area contributed by atoms with E-state index in [9.17, 15) is 15.0 Å². The average molecular weight is 393 g/mol. The molecule has 3 aliphatic heterocycles. The van der Waals surface area contributed by atoms with E-state index in [0.29, 0.717) is 5.84 Å². The summed E-state index contributed by atoms with van der Waals surface area (Å²) >= 11 is 0. The molecular weight excluding hydrogens is 366 g/mol. The van der Waals surface area contributed by atoms with Gasteiger partial charge in [0, 0.05) is 5.41 Å². The second kappa shape index (κ2) is 7.45. The van der Waals surface area contributed by atoms with Gasteiger partial charge in [-0.25, -0.2) is 9.98 Å². The Balaban J connectivity index is 1.89. The van der Waals surface area contributed by atoms with Crippen LogP contribution in [0, 0.1) is 5.41 Å². The van der Waals surface area contributed by atoms with Crippen LogP contribution in [0.5, 0.6) is 0 Å². The maximum absolute atomic E-state index is 12.9. The standard InChI is InChI=1S/C18H27N5O5/c1-5-6-27-12-11(25)10(7-24)28-15(12)23-9-21-13-14(23)20-8-22-18(13,19)16(26)17(2,3)4/h5,8,10-12,15,24-25H,1,6-7,9,19H2,2-4H3/t10-,11-,12-,15-,18?/m1/s1. The molecule has 5 atom stereocenters. The van der Waals surface area contributed by atoms with Crippen molar-refractivity contribution < 1.29 is 24.5 Å². The molecule has 3 heterocycles. The molecule has 10 heteroatoms. The van der Waals surface area contributed by atoms with Gasteiger partial charge in [-0.15, -0.1) is 6.58 Å². The number of hydrogen-bond acceptors (Lipinski definition) is 10. The number of nitrogens with zero attached hydrogens (tertiary/aromatic N) is 4. The predicted octanol–water partition coefficient (Wildman–Crippen LogP) is -0.940. The molecule has 4 N–H and O–H groups in total. The maximum Gasteiger partial charge on any atom is 0.215 e. The van der Waals surface area contributed by atoms with Crippen molar-refractivity contribution in [3.05, 3.63) is 12.7 Å². The largest absolute Gasteiger partial charge is 0.394 e. The van der Waals surface area contributed by atoms with Gasteiger partial charge in [0.15, 0.2) is 17.8 Å². The van der Waals surface area contributed by atoms with E-state index in [0.717, 1.165) is 0 Å². The van der Waals surface area contributed by atoms with Gasteiger partial charge in [-0.05, 0) is 0 Å². The number of hydrogen-bond donors (Lipinski definition) is 3. The zero-order chi connectivity index (χ0) is 20.7. The van der Waals surface area contributed by atoms with E-state index >= 15 is 0 Å². The van der Waals surface area contributed by atoms with Gasteiger partial charge < -0.3 is 24.6 Å². The summed E-state index contributed by atoms with van der Waals surface area (Å²) in [5.74, 6) is 0.0578. The highest BCUT2D eigenvalue weighted by Crippen LogP contribution is 2.32. The first-order valence-corrected chi connectivity index (χ1v) is 9.09. The minimum atomic E-state index is -1.64. The lowest BCUT2D eigenvalue weighted by Crippen LogP contribution is -2.62. The van der Waals surface area contributed by atoms with Gasteiger partial charge in [-0.1, -0.05) is 26.8 Å². The molecule has 0 aromatic carbocycles. The summed E-state index contributed by atoms with van der Waals surface area (Å²) in [5.41, 5.74) is 4.25. The Morgan fingerprint density at radius 2 is 2.29 bits per heavy atom. The Labute approximate surface area is 163 Å². The van der Waals surface area contributed by atoms with Crippen LogP contribution in [0.15, 0.2) is 27.6 Å². The lowest BCUT2D eigenvalue weighted by atomic mass is 9.80. The number of carbonyl (C=O) groups is 1. The monoisotopic (exact) mass is 393 g/mol. The molecular formula is C18H27N5O5. The van der Waals surface area contributed by atoms with E-state index in [1.807, 2.05) is 0 Å². The van der Waals surface area contributed by atoms with Crippen molar-refractivity contribution in [1.82, 2.24) is 4.90 Å². The van der Waals surface area contributed by atoms with Crippen molar-refractivity contribution in [3.8, 4) is 0 Å². The molecule has 154 valence electrons. The highest BCUT2D eigenvalue weighted by molar-refractivity contribution is 6.51. The van der Waals surface area contributed by atoms with Crippen molar-refractivity contribution in [2.75, 3.05) is 19.9 Å². The van der Waals surface area contributed by atoms with Crippen molar-refractivity contribution in [2.24, 2.45) is 26.1 Å². The molecule has 0 spiro atoms. The lowest BCUT2D eigenvalue weighted by molar-refractivity contribution is -0.129. The van der Waals surface area contributed by atoms with E-state index in [4.69, 9.17) is 15.2 Å². The first kappa shape index (κ1) is 20.7. The predicted molar refractivity (Wildman–Crippen MR) is 103 cm³/mol. The molecule has 0 aliphatic carbocycles. The number of aliphatic hydroxyl groups excluding tert-OH is 2. The van der Waals surface area contributed by atoms with Crippen molar-refractivity contribution >= 4 is 23.7 Å². The first-order chi connectivity index (χ1) is 13.1. The summed E-state index contributed by atoms with van der Waals surface area (Å²) in [7, 11) is 0. The summed E-state index contributed by atoms with van der Waals surface area (Å²) in [5, 5.41) is 19.9. The molecule has 0 saturated carbocycles.